The molecule has 0 bridgehead atoms. The Bertz CT molecular complexity index is 283. The van der Waals surface area contributed by atoms with Crippen LogP contribution in [0.25, 0.3) is 0 Å². The van der Waals surface area contributed by atoms with Crippen molar-refractivity contribution in [3.05, 3.63) is 18.0 Å². The van der Waals surface area contributed by atoms with Crippen molar-refractivity contribution in [1.82, 2.24) is 15.1 Å². The lowest BCUT2D eigenvalue weighted by atomic mass is 10.1. The highest BCUT2D eigenvalue weighted by atomic mass is 16.5. The van der Waals surface area contributed by atoms with Crippen molar-refractivity contribution in [2.24, 2.45) is 13.0 Å². The topological polar surface area (TPSA) is 39.1 Å². The molecule has 0 spiro atoms. The summed E-state index contributed by atoms with van der Waals surface area (Å²) in [4.78, 5) is 0. The summed E-state index contributed by atoms with van der Waals surface area (Å²) < 4.78 is 7.07. The first-order valence-electron chi connectivity index (χ1n) is 5.34. The van der Waals surface area contributed by atoms with E-state index < -0.39 is 0 Å². The van der Waals surface area contributed by atoms with E-state index in [1.165, 1.54) is 5.69 Å². The fourth-order valence-corrected chi connectivity index (χ4v) is 1.48. The maximum Gasteiger partial charge on any atom is 0.0618 e. The average Bonchev–Trinajstić information content (AvgIpc) is 2.58. The van der Waals surface area contributed by atoms with Crippen molar-refractivity contribution in [3.8, 4) is 0 Å². The normalized spacial score (nSPS) is 13.4. The lowest BCUT2D eigenvalue weighted by Gasteiger charge is -2.21. The smallest absolute Gasteiger partial charge is 0.0618 e. The molecule has 86 valence electrons. The number of hydrogen-bond acceptors (Lipinski definition) is 3. The zero-order chi connectivity index (χ0) is 11.3. The van der Waals surface area contributed by atoms with Crippen LogP contribution >= 0.6 is 0 Å². The molecule has 1 N–H and O–H groups in total. The molecule has 0 fully saturated rings. The van der Waals surface area contributed by atoms with Crippen LogP contribution in [0.15, 0.2) is 12.3 Å². The third kappa shape index (κ3) is 3.64. The summed E-state index contributed by atoms with van der Waals surface area (Å²) in [6, 6.07) is 2.42. The second-order valence-electron chi connectivity index (χ2n) is 4.13. The molecule has 4 nitrogen and oxygen atoms in total. The third-order valence-corrected chi connectivity index (χ3v) is 2.62. The molecule has 15 heavy (non-hydrogen) atoms. The Morgan fingerprint density at radius 1 is 1.53 bits per heavy atom. The maximum absolute atomic E-state index is 5.18. The number of aromatic nitrogens is 2. The summed E-state index contributed by atoms with van der Waals surface area (Å²) in [6.45, 7) is 5.97. The fourth-order valence-electron chi connectivity index (χ4n) is 1.48. The van der Waals surface area contributed by atoms with E-state index >= 15 is 0 Å². The fraction of sp³-hybridized carbons (Fsp3) is 0.727. The van der Waals surface area contributed by atoms with Crippen molar-refractivity contribution < 1.29 is 4.74 Å². The number of nitrogens with one attached hydrogen (secondary N) is 1. The predicted molar refractivity (Wildman–Crippen MR) is 60.5 cm³/mol. The molecule has 0 radical (unpaired) electrons. The van der Waals surface area contributed by atoms with Gasteiger partial charge in [0.15, 0.2) is 0 Å². The minimum Gasteiger partial charge on any atom is -0.383 e. The first-order valence-corrected chi connectivity index (χ1v) is 5.34. The van der Waals surface area contributed by atoms with Crippen molar-refractivity contribution >= 4 is 0 Å². The van der Waals surface area contributed by atoms with Crippen LogP contribution in [0.4, 0.5) is 0 Å². The molecule has 1 aromatic rings. The van der Waals surface area contributed by atoms with Gasteiger partial charge in [0.2, 0.25) is 0 Å². The number of hydrogen-bond donors (Lipinski definition) is 1. The highest BCUT2D eigenvalue weighted by Crippen LogP contribution is 2.04. The van der Waals surface area contributed by atoms with E-state index in [1.807, 2.05) is 24.0 Å². The molecule has 0 amide bonds. The Morgan fingerprint density at radius 3 is 2.73 bits per heavy atom. The zero-order valence-electron chi connectivity index (χ0n) is 10.0. The zero-order valence-corrected chi connectivity index (χ0v) is 10.0. The molecule has 1 rings (SSSR count). The first kappa shape index (κ1) is 12.2. The summed E-state index contributed by atoms with van der Waals surface area (Å²) >= 11 is 0. The molecule has 0 aliphatic rings. The van der Waals surface area contributed by atoms with Gasteiger partial charge in [0, 0.05) is 32.9 Å². The van der Waals surface area contributed by atoms with Gasteiger partial charge in [0.25, 0.3) is 0 Å². The molecule has 0 aliphatic carbocycles. The van der Waals surface area contributed by atoms with Crippen molar-refractivity contribution in [3.63, 3.8) is 0 Å². The van der Waals surface area contributed by atoms with Gasteiger partial charge in [-0.15, -0.1) is 0 Å². The van der Waals surface area contributed by atoms with Crippen molar-refractivity contribution in [1.29, 1.82) is 0 Å². The van der Waals surface area contributed by atoms with Gasteiger partial charge in [0.1, 0.15) is 0 Å². The van der Waals surface area contributed by atoms with Gasteiger partial charge < -0.3 is 10.1 Å². The van der Waals surface area contributed by atoms with E-state index in [0.717, 1.165) is 13.2 Å². The molecule has 0 aromatic carbocycles. The van der Waals surface area contributed by atoms with Crippen LogP contribution in [-0.4, -0.2) is 29.5 Å². The molecule has 0 aliphatic heterocycles. The molecule has 4 heteroatoms. The van der Waals surface area contributed by atoms with Crippen LogP contribution in [0, 0.1) is 5.92 Å². The SMILES string of the molecule is COCC(NCc1ccnn1C)C(C)C. The van der Waals surface area contributed by atoms with Crippen molar-refractivity contribution in [2.45, 2.75) is 26.4 Å². The minimum absolute atomic E-state index is 0.393. The van der Waals surface area contributed by atoms with Gasteiger partial charge in [-0.1, -0.05) is 13.8 Å². The van der Waals surface area contributed by atoms with E-state index in [2.05, 4.69) is 24.3 Å². The van der Waals surface area contributed by atoms with Crippen LogP contribution in [0.1, 0.15) is 19.5 Å². The Morgan fingerprint density at radius 2 is 2.27 bits per heavy atom. The molecule has 1 unspecified atom stereocenters. The minimum atomic E-state index is 0.393. The molecular formula is C11H21N3O. The largest absolute Gasteiger partial charge is 0.383 e. The summed E-state index contributed by atoms with van der Waals surface area (Å²) in [5, 5.41) is 7.61. The van der Waals surface area contributed by atoms with Crippen molar-refractivity contribution in [2.75, 3.05) is 13.7 Å². The number of rotatable bonds is 6. The molecular weight excluding hydrogens is 190 g/mol. The van der Waals surface area contributed by atoms with E-state index in [0.29, 0.717) is 12.0 Å². The molecule has 0 saturated heterocycles. The van der Waals surface area contributed by atoms with Crippen LogP contribution in [0.2, 0.25) is 0 Å². The first-order chi connectivity index (χ1) is 7.15. The average molecular weight is 211 g/mol. The van der Waals surface area contributed by atoms with E-state index in [1.54, 1.807) is 7.11 Å². The van der Waals surface area contributed by atoms with Gasteiger partial charge in [0.05, 0.1) is 12.3 Å². The Labute approximate surface area is 91.6 Å². The lowest BCUT2D eigenvalue weighted by molar-refractivity contribution is 0.146. The quantitative estimate of drug-likeness (QED) is 0.768. The number of ether oxygens (including phenoxy) is 1. The van der Waals surface area contributed by atoms with Gasteiger partial charge >= 0.3 is 0 Å². The second kappa shape index (κ2) is 5.88. The predicted octanol–water partition coefficient (Wildman–Crippen LogP) is 1.18. The van der Waals surface area contributed by atoms with E-state index in [9.17, 15) is 0 Å². The number of methoxy groups -OCH3 is 1. The van der Waals surface area contributed by atoms with E-state index in [-0.39, 0.29) is 0 Å². The maximum atomic E-state index is 5.18. The summed E-state index contributed by atoms with van der Waals surface area (Å²) in [7, 11) is 3.69. The monoisotopic (exact) mass is 211 g/mol. The number of aryl methyl sites for hydroxylation is 1. The Kier molecular flexibility index (Phi) is 4.78. The summed E-state index contributed by atoms with van der Waals surface area (Å²) in [5.41, 5.74) is 1.19. The van der Waals surface area contributed by atoms with Gasteiger partial charge in [-0.05, 0) is 12.0 Å². The standard InChI is InChI=1S/C11H21N3O/c1-9(2)11(8-15-4)12-7-10-5-6-13-14(10)3/h5-6,9,11-12H,7-8H2,1-4H3. The molecule has 1 heterocycles. The van der Waals surface area contributed by atoms with E-state index in [4.69, 9.17) is 4.74 Å². The lowest BCUT2D eigenvalue weighted by Crippen LogP contribution is -2.37. The molecule has 1 atom stereocenters. The number of nitrogens with zero attached hydrogens (tertiary/aromatic N) is 2. The van der Waals surface area contributed by atoms with Gasteiger partial charge in [-0.3, -0.25) is 4.68 Å². The van der Waals surface area contributed by atoms with Crippen LogP contribution < -0.4 is 5.32 Å². The highest BCUT2D eigenvalue weighted by molar-refractivity contribution is 4.99. The van der Waals surface area contributed by atoms with Crippen LogP contribution in [0.5, 0.6) is 0 Å². The van der Waals surface area contributed by atoms with Gasteiger partial charge in [-0.25, -0.2) is 0 Å². The van der Waals surface area contributed by atoms with Gasteiger partial charge in [-0.2, -0.15) is 5.10 Å². The molecule has 0 saturated carbocycles. The highest BCUT2D eigenvalue weighted by Gasteiger charge is 2.12. The second-order valence-corrected chi connectivity index (χ2v) is 4.13. The Balaban J connectivity index is 2.43. The Hall–Kier alpha value is -0.870. The van der Waals surface area contributed by atoms with Crippen LogP contribution in [0.3, 0.4) is 0 Å². The molecule has 1 aromatic heterocycles. The summed E-state index contributed by atoms with van der Waals surface area (Å²) in [5.74, 6) is 0.568. The van der Waals surface area contributed by atoms with Crippen LogP contribution in [-0.2, 0) is 18.3 Å². The summed E-state index contributed by atoms with van der Waals surface area (Å²) in [6.07, 6.45) is 1.82. The third-order valence-electron chi connectivity index (χ3n) is 2.62.